The van der Waals surface area contributed by atoms with E-state index in [9.17, 15) is 0 Å². The van der Waals surface area contributed by atoms with Gasteiger partial charge in [-0.05, 0) is 50.7 Å². The highest BCUT2D eigenvalue weighted by molar-refractivity contribution is 7.80. The van der Waals surface area contributed by atoms with E-state index in [0.29, 0.717) is 12.1 Å². The molecule has 3 fully saturated rings. The van der Waals surface area contributed by atoms with Crippen molar-refractivity contribution in [2.24, 2.45) is 0 Å². The van der Waals surface area contributed by atoms with Crippen molar-refractivity contribution in [1.29, 1.82) is 0 Å². The zero-order chi connectivity index (χ0) is 13.8. The normalized spacial score (nSPS) is 28.4. The molecule has 3 aliphatic rings. The lowest BCUT2D eigenvalue weighted by molar-refractivity contribution is 0.0337. The van der Waals surface area contributed by atoms with E-state index in [1.54, 1.807) is 0 Å². The van der Waals surface area contributed by atoms with Crippen molar-refractivity contribution >= 4 is 17.3 Å². The van der Waals surface area contributed by atoms with Crippen molar-refractivity contribution in [3.8, 4) is 0 Å². The van der Waals surface area contributed by atoms with Gasteiger partial charge in [-0.1, -0.05) is 0 Å². The van der Waals surface area contributed by atoms with E-state index in [-0.39, 0.29) is 0 Å². The van der Waals surface area contributed by atoms with Crippen LogP contribution >= 0.6 is 12.2 Å². The van der Waals surface area contributed by atoms with Gasteiger partial charge in [0.15, 0.2) is 5.11 Å². The van der Waals surface area contributed by atoms with Crippen LogP contribution < -0.4 is 5.32 Å². The first-order valence-electron chi connectivity index (χ1n) is 8.20. The lowest BCUT2D eigenvalue weighted by atomic mass is 9.99. The van der Waals surface area contributed by atoms with Gasteiger partial charge in [-0.25, -0.2) is 0 Å². The highest BCUT2D eigenvalue weighted by Crippen LogP contribution is 2.23. The smallest absolute Gasteiger partial charge is 0.169 e. The number of thiocarbonyl (C=S) groups is 1. The Bertz CT molecular complexity index is 329. The number of nitrogens with one attached hydrogen (secondary N) is 1. The number of hydrogen-bond donors (Lipinski definition) is 1. The average Bonchev–Trinajstić information content (AvgIpc) is 3.30. The monoisotopic (exact) mass is 297 g/mol. The Kier molecular flexibility index (Phi) is 5.13. The predicted octanol–water partition coefficient (Wildman–Crippen LogP) is 1.60. The van der Waals surface area contributed by atoms with Crippen LogP contribution in [0.15, 0.2) is 0 Å². The molecule has 5 heteroatoms. The maximum atomic E-state index is 5.62. The van der Waals surface area contributed by atoms with E-state index >= 15 is 0 Å². The summed E-state index contributed by atoms with van der Waals surface area (Å²) in [7, 11) is 0. The number of likely N-dealkylation sites (tertiary alicyclic amines) is 1. The third-order valence-electron chi connectivity index (χ3n) is 4.68. The molecule has 2 aliphatic heterocycles. The largest absolute Gasteiger partial charge is 0.379 e. The predicted molar refractivity (Wildman–Crippen MR) is 85.0 cm³/mol. The van der Waals surface area contributed by atoms with Gasteiger partial charge in [-0.2, -0.15) is 0 Å². The number of morpholine rings is 1. The maximum Gasteiger partial charge on any atom is 0.169 e. The van der Waals surface area contributed by atoms with Crippen LogP contribution in [0.5, 0.6) is 0 Å². The number of ether oxygens (including phenoxy) is 1. The van der Waals surface area contributed by atoms with Crippen molar-refractivity contribution < 1.29 is 4.74 Å². The van der Waals surface area contributed by atoms with Crippen LogP contribution in [0.25, 0.3) is 0 Å². The van der Waals surface area contributed by atoms with Crippen LogP contribution in [0, 0.1) is 0 Å². The Morgan fingerprint density at radius 2 is 1.90 bits per heavy atom. The highest BCUT2D eigenvalue weighted by atomic mass is 32.1. The third kappa shape index (κ3) is 4.06. The lowest BCUT2D eigenvalue weighted by Crippen LogP contribution is -2.50. The molecule has 2 heterocycles. The van der Waals surface area contributed by atoms with Gasteiger partial charge < -0.3 is 15.0 Å². The molecule has 0 bridgehead atoms. The molecule has 4 nitrogen and oxygen atoms in total. The second-order valence-electron chi connectivity index (χ2n) is 6.31. The summed E-state index contributed by atoms with van der Waals surface area (Å²) in [5.74, 6) is 0. The molecule has 0 aromatic rings. The Morgan fingerprint density at radius 3 is 2.65 bits per heavy atom. The molecular weight excluding hydrogens is 270 g/mol. The molecule has 3 rings (SSSR count). The Morgan fingerprint density at radius 1 is 1.10 bits per heavy atom. The third-order valence-corrected chi connectivity index (χ3v) is 5.03. The number of rotatable bonds is 4. The Hall–Kier alpha value is -0.390. The van der Waals surface area contributed by atoms with Crippen LogP contribution in [-0.4, -0.2) is 66.4 Å². The molecule has 2 saturated heterocycles. The zero-order valence-electron chi connectivity index (χ0n) is 12.4. The van der Waals surface area contributed by atoms with Crippen LogP contribution in [0.2, 0.25) is 0 Å². The Labute approximate surface area is 127 Å². The molecule has 0 amide bonds. The first-order chi connectivity index (χ1) is 9.83. The van der Waals surface area contributed by atoms with E-state index in [1.165, 1.54) is 45.1 Å². The summed E-state index contributed by atoms with van der Waals surface area (Å²) < 4.78 is 5.42. The number of piperidine rings is 1. The average molecular weight is 297 g/mol. The fourth-order valence-corrected chi connectivity index (χ4v) is 3.62. The van der Waals surface area contributed by atoms with Gasteiger partial charge >= 0.3 is 0 Å². The van der Waals surface area contributed by atoms with Gasteiger partial charge in [0.2, 0.25) is 0 Å². The molecule has 114 valence electrons. The van der Waals surface area contributed by atoms with E-state index in [1.807, 2.05) is 0 Å². The summed E-state index contributed by atoms with van der Waals surface area (Å²) in [5.41, 5.74) is 0. The van der Waals surface area contributed by atoms with Gasteiger partial charge in [0.25, 0.3) is 0 Å². The quantitative estimate of drug-likeness (QED) is 0.796. The molecule has 1 saturated carbocycles. The summed E-state index contributed by atoms with van der Waals surface area (Å²) in [6.07, 6.45) is 7.79. The van der Waals surface area contributed by atoms with Crippen LogP contribution in [0.1, 0.15) is 38.5 Å². The molecule has 0 spiro atoms. The van der Waals surface area contributed by atoms with Gasteiger partial charge in [-0.3, -0.25) is 4.90 Å². The standard InChI is InChI=1S/C15H27N3OS/c20-15(16-13-4-5-13)18-7-2-1-3-14(18)6-8-17-9-11-19-12-10-17/h13-14H,1-12H2,(H,16,20). The first kappa shape index (κ1) is 14.5. The fourth-order valence-electron chi connectivity index (χ4n) is 3.21. The molecule has 1 N–H and O–H groups in total. The van der Waals surface area contributed by atoms with E-state index in [4.69, 9.17) is 17.0 Å². The highest BCUT2D eigenvalue weighted by Gasteiger charge is 2.29. The van der Waals surface area contributed by atoms with E-state index in [2.05, 4.69) is 15.1 Å². The molecule has 0 aromatic carbocycles. The second kappa shape index (κ2) is 7.05. The van der Waals surface area contributed by atoms with Gasteiger partial charge in [0.05, 0.1) is 13.2 Å². The minimum atomic E-state index is 0.644. The summed E-state index contributed by atoms with van der Waals surface area (Å²) in [4.78, 5) is 5.01. The van der Waals surface area contributed by atoms with Crippen molar-refractivity contribution in [2.75, 3.05) is 39.4 Å². The molecule has 1 atom stereocenters. The molecule has 0 radical (unpaired) electrons. The minimum absolute atomic E-state index is 0.644. The molecule has 1 unspecified atom stereocenters. The molecular formula is C15H27N3OS. The number of nitrogens with zero attached hydrogens (tertiary/aromatic N) is 2. The SMILES string of the molecule is S=C(NC1CC1)N1CCCCC1CCN1CCOCC1. The van der Waals surface area contributed by atoms with Gasteiger partial charge in [0.1, 0.15) is 0 Å². The van der Waals surface area contributed by atoms with Crippen molar-refractivity contribution in [3.05, 3.63) is 0 Å². The summed E-state index contributed by atoms with van der Waals surface area (Å²) in [6.45, 7) is 6.32. The van der Waals surface area contributed by atoms with Crippen molar-refractivity contribution in [2.45, 2.75) is 50.6 Å². The molecule has 0 aromatic heterocycles. The topological polar surface area (TPSA) is 27.7 Å². The fraction of sp³-hybridized carbons (Fsp3) is 0.933. The molecule has 1 aliphatic carbocycles. The Balaban J connectivity index is 1.47. The van der Waals surface area contributed by atoms with E-state index < -0.39 is 0 Å². The lowest BCUT2D eigenvalue weighted by Gasteiger charge is -2.39. The van der Waals surface area contributed by atoms with Crippen LogP contribution in [0.4, 0.5) is 0 Å². The first-order valence-corrected chi connectivity index (χ1v) is 8.61. The summed E-state index contributed by atoms with van der Waals surface area (Å²) in [5, 5.41) is 4.53. The van der Waals surface area contributed by atoms with Gasteiger partial charge in [0, 0.05) is 38.3 Å². The maximum absolute atomic E-state index is 5.62. The van der Waals surface area contributed by atoms with Crippen LogP contribution in [-0.2, 0) is 4.74 Å². The zero-order valence-corrected chi connectivity index (χ0v) is 13.2. The number of hydrogen-bond acceptors (Lipinski definition) is 3. The van der Waals surface area contributed by atoms with Crippen molar-refractivity contribution in [3.63, 3.8) is 0 Å². The van der Waals surface area contributed by atoms with Gasteiger partial charge in [-0.15, -0.1) is 0 Å². The van der Waals surface area contributed by atoms with Crippen molar-refractivity contribution in [1.82, 2.24) is 15.1 Å². The second-order valence-corrected chi connectivity index (χ2v) is 6.70. The molecule has 20 heavy (non-hydrogen) atoms. The van der Waals surface area contributed by atoms with Crippen LogP contribution in [0.3, 0.4) is 0 Å². The summed E-state index contributed by atoms with van der Waals surface area (Å²) in [6, 6.07) is 1.31. The van der Waals surface area contributed by atoms with E-state index in [0.717, 1.165) is 38.0 Å². The summed E-state index contributed by atoms with van der Waals surface area (Å²) >= 11 is 5.62. The minimum Gasteiger partial charge on any atom is -0.379 e.